The van der Waals surface area contributed by atoms with Crippen LogP contribution in [0.2, 0.25) is 0 Å². The minimum absolute atomic E-state index is 0.0652. The number of aromatic amines is 1. The number of benzene rings is 1. The van der Waals surface area contributed by atoms with Gasteiger partial charge in [0.2, 0.25) is 5.91 Å². The van der Waals surface area contributed by atoms with Gasteiger partial charge in [0.25, 0.3) is 5.56 Å². The Morgan fingerprint density at radius 3 is 2.83 bits per heavy atom. The van der Waals surface area contributed by atoms with Gasteiger partial charge >= 0.3 is 0 Å². The zero-order chi connectivity index (χ0) is 17.1. The molecule has 0 fully saturated rings. The first-order chi connectivity index (χ1) is 11.6. The number of fused-ring (bicyclic) bond motifs is 1. The van der Waals surface area contributed by atoms with Crippen molar-refractivity contribution < 1.29 is 4.79 Å². The Balaban J connectivity index is 1.76. The van der Waals surface area contributed by atoms with E-state index in [1.807, 2.05) is 26.0 Å². The predicted molar refractivity (Wildman–Crippen MR) is 89.4 cm³/mol. The molecule has 126 valence electrons. The van der Waals surface area contributed by atoms with Crippen LogP contribution in [-0.4, -0.2) is 30.5 Å². The first kappa shape index (κ1) is 16.0. The number of para-hydroxylation sites is 1. The van der Waals surface area contributed by atoms with E-state index in [0.717, 1.165) is 5.82 Å². The van der Waals surface area contributed by atoms with Crippen LogP contribution in [0.5, 0.6) is 0 Å². The Morgan fingerprint density at radius 1 is 1.33 bits per heavy atom. The molecule has 1 aromatic carbocycles. The molecule has 1 amide bonds. The van der Waals surface area contributed by atoms with Gasteiger partial charge in [0, 0.05) is 6.54 Å². The van der Waals surface area contributed by atoms with Gasteiger partial charge in [0.1, 0.15) is 18.7 Å². The van der Waals surface area contributed by atoms with Crippen molar-refractivity contribution >= 4 is 16.8 Å². The third-order valence-electron chi connectivity index (χ3n) is 3.96. The van der Waals surface area contributed by atoms with E-state index in [-0.39, 0.29) is 24.1 Å². The largest absolute Gasteiger partial charge is 0.344 e. The first-order valence-corrected chi connectivity index (χ1v) is 7.98. The fourth-order valence-corrected chi connectivity index (χ4v) is 2.74. The Bertz CT molecular complexity index is 907. The molecule has 1 unspecified atom stereocenters. The molecule has 1 atom stereocenters. The second-order valence-corrected chi connectivity index (χ2v) is 5.51. The number of nitrogens with one attached hydrogen (secondary N) is 2. The average molecular weight is 328 g/mol. The number of hydrogen-bond donors (Lipinski definition) is 2. The standard InChI is InChI=1S/C16H20N6O2/c1-3-12(15-17-10-18-21(15)4-2)19-14(23)9-22-16(24)11-7-5-6-8-13(11)20-22/h5-8,10,12,20H,3-4,9H2,1-2H3,(H,19,23). The number of aryl methyl sites for hydroxylation is 1. The smallest absolute Gasteiger partial charge is 0.274 e. The molecule has 2 N–H and O–H groups in total. The third kappa shape index (κ3) is 2.94. The van der Waals surface area contributed by atoms with E-state index >= 15 is 0 Å². The van der Waals surface area contributed by atoms with Crippen LogP contribution in [0.25, 0.3) is 10.9 Å². The predicted octanol–water partition coefficient (Wildman–Crippen LogP) is 1.21. The molecule has 3 aromatic rings. The summed E-state index contributed by atoms with van der Waals surface area (Å²) in [6, 6.07) is 6.95. The van der Waals surface area contributed by atoms with Crippen molar-refractivity contribution in [2.45, 2.75) is 39.4 Å². The monoisotopic (exact) mass is 328 g/mol. The summed E-state index contributed by atoms with van der Waals surface area (Å²) in [5.74, 6) is 0.471. The first-order valence-electron chi connectivity index (χ1n) is 7.98. The maximum atomic E-state index is 12.4. The SMILES string of the molecule is CCC(NC(=O)Cn1[nH]c2ccccc2c1=O)c1ncnn1CC. The maximum Gasteiger partial charge on any atom is 0.274 e. The normalized spacial score (nSPS) is 12.4. The van der Waals surface area contributed by atoms with Gasteiger partial charge in [-0.15, -0.1) is 0 Å². The summed E-state index contributed by atoms with van der Waals surface area (Å²) in [6.45, 7) is 4.55. The summed E-state index contributed by atoms with van der Waals surface area (Å²) >= 11 is 0. The lowest BCUT2D eigenvalue weighted by Gasteiger charge is -2.16. The summed E-state index contributed by atoms with van der Waals surface area (Å²) < 4.78 is 3.07. The van der Waals surface area contributed by atoms with E-state index in [1.165, 1.54) is 11.0 Å². The van der Waals surface area contributed by atoms with Gasteiger partial charge in [0.05, 0.1) is 16.9 Å². The number of H-pyrrole nitrogens is 1. The van der Waals surface area contributed by atoms with Crippen LogP contribution in [0.3, 0.4) is 0 Å². The summed E-state index contributed by atoms with van der Waals surface area (Å²) in [7, 11) is 0. The van der Waals surface area contributed by atoms with Gasteiger partial charge in [-0.05, 0) is 25.5 Å². The molecule has 0 aliphatic rings. The summed E-state index contributed by atoms with van der Waals surface area (Å²) in [5, 5.41) is 10.6. The molecule has 0 saturated heterocycles. The molecule has 24 heavy (non-hydrogen) atoms. The number of rotatable bonds is 6. The summed E-state index contributed by atoms with van der Waals surface area (Å²) in [4.78, 5) is 28.9. The number of carbonyl (C=O) groups excluding carboxylic acids is 1. The van der Waals surface area contributed by atoms with Crippen molar-refractivity contribution in [2.75, 3.05) is 0 Å². The molecule has 0 saturated carbocycles. The summed E-state index contributed by atoms with van der Waals surface area (Å²) in [5.41, 5.74) is 0.513. The molecule has 2 heterocycles. The molecule has 8 nitrogen and oxygen atoms in total. The summed E-state index contributed by atoms with van der Waals surface area (Å²) in [6.07, 6.45) is 2.17. The molecular formula is C16H20N6O2. The molecule has 0 aliphatic carbocycles. The maximum absolute atomic E-state index is 12.4. The Hall–Kier alpha value is -2.90. The highest BCUT2D eigenvalue weighted by molar-refractivity contribution is 5.79. The van der Waals surface area contributed by atoms with Crippen LogP contribution in [0, 0.1) is 0 Å². The van der Waals surface area contributed by atoms with Crippen molar-refractivity contribution in [3.8, 4) is 0 Å². The molecule has 0 radical (unpaired) electrons. The van der Waals surface area contributed by atoms with Crippen molar-refractivity contribution in [3.05, 3.63) is 46.8 Å². The quantitative estimate of drug-likeness (QED) is 0.710. The van der Waals surface area contributed by atoms with Crippen molar-refractivity contribution in [3.63, 3.8) is 0 Å². The van der Waals surface area contributed by atoms with E-state index in [4.69, 9.17) is 0 Å². The van der Waals surface area contributed by atoms with Gasteiger partial charge < -0.3 is 5.32 Å². The molecule has 0 spiro atoms. The zero-order valence-corrected chi connectivity index (χ0v) is 13.7. The van der Waals surface area contributed by atoms with Crippen LogP contribution in [0.4, 0.5) is 0 Å². The van der Waals surface area contributed by atoms with E-state index in [1.54, 1.807) is 16.8 Å². The number of carbonyl (C=O) groups is 1. The average Bonchev–Trinajstić information content (AvgIpc) is 3.18. The fourth-order valence-electron chi connectivity index (χ4n) is 2.74. The highest BCUT2D eigenvalue weighted by Crippen LogP contribution is 2.13. The second-order valence-electron chi connectivity index (χ2n) is 5.51. The van der Waals surface area contributed by atoms with E-state index in [2.05, 4.69) is 20.5 Å². The Kier molecular flexibility index (Phi) is 4.45. The molecule has 0 aliphatic heterocycles. The van der Waals surface area contributed by atoms with Crippen LogP contribution in [0.15, 0.2) is 35.4 Å². The van der Waals surface area contributed by atoms with E-state index in [9.17, 15) is 9.59 Å². The van der Waals surface area contributed by atoms with Crippen molar-refractivity contribution in [1.29, 1.82) is 0 Å². The van der Waals surface area contributed by atoms with Crippen molar-refractivity contribution in [2.24, 2.45) is 0 Å². The fraction of sp³-hybridized carbons (Fsp3) is 0.375. The number of nitrogens with zero attached hydrogens (tertiary/aromatic N) is 4. The number of aromatic nitrogens is 5. The molecule has 0 bridgehead atoms. The van der Waals surface area contributed by atoms with Gasteiger partial charge in [-0.2, -0.15) is 5.10 Å². The number of amides is 1. The van der Waals surface area contributed by atoms with Crippen molar-refractivity contribution in [1.82, 2.24) is 29.9 Å². The van der Waals surface area contributed by atoms with Gasteiger partial charge in [-0.1, -0.05) is 19.1 Å². The minimum atomic E-state index is -0.249. The minimum Gasteiger partial charge on any atom is -0.344 e. The Morgan fingerprint density at radius 2 is 2.12 bits per heavy atom. The molecule has 8 heteroatoms. The van der Waals surface area contributed by atoms with Crippen LogP contribution in [-0.2, 0) is 17.9 Å². The molecular weight excluding hydrogens is 308 g/mol. The lowest BCUT2D eigenvalue weighted by molar-refractivity contribution is -0.122. The van der Waals surface area contributed by atoms with Crippen LogP contribution < -0.4 is 10.9 Å². The lowest BCUT2D eigenvalue weighted by Crippen LogP contribution is -2.35. The van der Waals surface area contributed by atoms with E-state index in [0.29, 0.717) is 23.9 Å². The van der Waals surface area contributed by atoms with Gasteiger partial charge in [-0.3, -0.25) is 14.7 Å². The second kappa shape index (κ2) is 6.69. The highest BCUT2D eigenvalue weighted by Gasteiger charge is 2.19. The Labute approximate surface area is 138 Å². The van der Waals surface area contributed by atoms with Gasteiger partial charge in [-0.25, -0.2) is 14.3 Å². The highest BCUT2D eigenvalue weighted by atomic mass is 16.2. The van der Waals surface area contributed by atoms with E-state index < -0.39 is 0 Å². The van der Waals surface area contributed by atoms with Crippen LogP contribution in [0.1, 0.15) is 32.1 Å². The van der Waals surface area contributed by atoms with Gasteiger partial charge in [0.15, 0.2) is 0 Å². The zero-order valence-electron chi connectivity index (χ0n) is 13.7. The molecule has 3 rings (SSSR count). The third-order valence-corrected chi connectivity index (χ3v) is 3.96. The lowest BCUT2D eigenvalue weighted by atomic mass is 10.2. The van der Waals surface area contributed by atoms with Crippen LogP contribution >= 0.6 is 0 Å². The number of hydrogen-bond acceptors (Lipinski definition) is 4. The molecule has 2 aromatic heterocycles. The topological polar surface area (TPSA) is 97.6 Å².